The fourth-order valence-corrected chi connectivity index (χ4v) is 5.39. The number of hydrogen-bond acceptors (Lipinski definition) is 2. The summed E-state index contributed by atoms with van der Waals surface area (Å²) in [5.74, 6) is 0. The maximum absolute atomic E-state index is 12.4. The van der Waals surface area contributed by atoms with Crippen LogP contribution in [0.1, 0.15) is 42.5 Å². The minimum absolute atomic E-state index is 0.0707. The number of urea groups is 1. The lowest BCUT2D eigenvalue weighted by Gasteiger charge is -2.45. The summed E-state index contributed by atoms with van der Waals surface area (Å²) >= 11 is 1.87. The Morgan fingerprint density at radius 1 is 1.15 bits per heavy atom. The Morgan fingerprint density at radius 2 is 1.88 bits per heavy atom. The normalized spacial score (nSPS) is 27.7. The first-order chi connectivity index (χ1) is 12.7. The molecule has 2 bridgehead atoms. The predicted molar refractivity (Wildman–Crippen MR) is 107 cm³/mol. The molecular weight excluding hydrogens is 342 g/mol. The molecule has 4 atom stereocenters. The van der Waals surface area contributed by atoms with E-state index in [4.69, 9.17) is 0 Å². The SMILES string of the molecule is Cc1ccc(NC(=O)NC2C[C@H]3CCC[C@@H](C2)[NH+]3Cc2cccs2)cc1. The molecule has 0 saturated carbocycles. The number of fused-ring (bicyclic) bond motifs is 2. The van der Waals surface area contributed by atoms with Gasteiger partial charge in [-0.2, -0.15) is 0 Å². The quantitative estimate of drug-likeness (QED) is 0.759. The van der Waals surface area contributed by atoms with Crippen molar-refractivity contribution < 1.29 is 9.69 Å². The van der Waals surface area contributed by atoms with Crippen molar-refractivity contribution in [1.29, 1.82) is 0 Å². The second-order valence-electron chi connectivity index (χ2n) is 7.79. The van der Waals surface area contributed by atoms with Crippen LogP contribution in [0.2, 0.25) is 0 Å². The van der Waals surface area contributed by atoms with Crippen molar-refractivity contribution in [3.63, 3.8) is 0 Å². The van der Waals surface area contributed by atoms with Crippen LogP contribution in [0.3, 0.4) is 0 Å². The molecule has 0 radical (unpaired) electrons. The van der Waals surface area contributed by atoms with E-state index >= 15 is 0 Å². The molecule has 5 heteroatoms. The number of quaternary nitrogens is 1. The summed E-state index contributed by atoms with van der Waals surface area (Å²) in [5.41, 5.74) is 2.05. The zero-order valence-corrected chi connectivity index (χ0v) is 16.1. The number of anilines is 1. The molecule has 0 spiro atoms. The Labute approximate surface area is 159 Å². The van der Waals surface area contributed by atoms with Gasteiger partial charge in [0, 0.05) is 24.6 Å². The molecule has 138 valence electrons. The summed E-state index contributed by atoms with van der Waals surface area (Å²) in [6.45, 7) is 3.20. The lowest BCUT2D eigenvalue weighted by molar-refractivity contribution is -0.973. The average Bonchev–Trinajstić information content (AvgIpc) is 3.11. The highest BCUT2D eigenvalue weighted by atomic mass is 32.1. The Morgan fingerprint density at radius 3 is 2.54 bits per heavy atom. The molecule has 2 aromatic rings. The van der Waals surface area contributed by atoms with E-state index in [2.05, 4.69) is 35.1 Å². The van der Waals surface area contributed by atoms with Gasteiger partial charge in [0.2, 0.25) is 0 Å². The Bertz CT molecular complexity index is 714. The molecule has 1 aromatic carbocycles. The highest BCUT2D eigenvalue weighted by molar-refractivity contribution is 7.09. The van der Waals surface area contributed by atoms with E-state index < -0.39 is 0 Å². The van der Waals surface area contributed by atoms with Gasteiger partial charge in [0.1, 0.15) is 6.54 Å². The summed E-state index contributed by atoms with van der Waals surface area (Å²) in [6, 6.07) is 13.9. The maximum Gasteiger partial charge on any atom is 0.319 e. The van der Waals surface area contributed by atoms with Crippen LogP contribution in [0.4, 0.5) is 10.5 Å². The molecule has 2 saturated heterocycles. The molecule has 2 amide bonds. The number of thiophene rings is 1. The van der Waals surface area contributed by atoms with Crippen molar-refractivity contribution in [2.24, 2.45) is 0 Å². The first kappa shape index (κ1) is 17.6. The number of carbonyl (C=O) groups is 1. The standard InChI is InChI=1S/C21H27N3OS/c1-15-7-9-16(10-8-15)22-21(25)23-17-12-18-4-2-5-19(13-17)24(18)14-20-6-3-11-26-20/h3,6-11,17-19H,2,4-5,12-14H2,1H3,(H2,22,23,25)/p+1/t17?,18-,19+. The van der Waals surface area contributed by atoms with Crippen LogP contribution in [0, 0.1) is 6.92 Å². The predicted octanol–water partition coefficient (Wildman–Crippen LogP) is 3.35. The van der Waals surface area contributed by atoms with E-state index in [0.717, 1.165) is 25.1 Å². The number of nitrogens with one attached hydrogen (secondary N) is 3. The van der Waals surface area contributed by atoms with Crippen LogP contribution >= 0.6 is 11.3 Å². The molecule has 0 aliphatic carbocycles. The van der Waals surface area contributed by atoms with Gasteiger partial charge >= 0.3 is 6.03 Å². The lowest BCUT2D eigenvalue weighted by Crippen LogP contribution is -3.20. The number of rotatable bonds is 4. The van der Waals surface area contributed by atoms with Crippen LogP contribution < -0.4 is 15.5 Å². The van der Waals surface area contributed by atoms with E-state index in [9.17, 15) is 4.79 Å². The number of piperidine rings is 2. The fourth-order valence-electron chi connectivity index (χ4n) is 4.65. The summed E-state index contributed by atoms with van der Waals surface area (Å²) in [4.78, 5) is 15.6. The van der Waals surface area contributed by atoms with E-state index in [1.54, 1.807) is 4.90 Å². The number of hydrogen-bond donors (Lipinski definition) is 3. The third kappa shape index (κ3) is 4.10. The number of amides is 2. The smallest absolute Gasteiger partial charge is 0.319 e. The van der Waals surface area contributed by atoms with Crippen molar-refractivity contribution in [2.75, 3.05) is 5.32 Å². The van der Waals surface area contributed by atoms with Gasteiger partial charge < -0.3 is 15.5 Å². The fraction of sp³-hybridized carbons (Fsp3) is 0.476. The molecule has 2 aliphatic heterocycles. The zero-order valence-electron chi connectivity index (χ0n) is 15.3. The van der Waals surface area contributed by atoms with Crippen LogP contribution in [0.5, 0.6) is 0 Å². The molecule has 2 fully saturated rings. The lowest BCUT2D eigenvalue weighted by atomic mass is 9.81. The highest BCUT2D eigenvalue weighted by Gasteiger charge is 2.42. The zero-order chi connectivity index (χ0) is 17.9. The van der Waals surface area contributed by atoms with E-state index in [1.165, 1.54) is 29.7 Å². The number of carbonyl (C=O) groups excluding carboxylic acids is 1. The van der Waals surface area contributed by atoms with Gasteiger partial charge in [0.05, 0.1) is 17.0 Å². The third-order valence-electron chi connectivity index (χ3n) is 5.90. The van der Waals surface area contributed by atoms with Crippen LogP contribution in [-0.4, -0.2) is 24.2 Å². The molecule has 3 N–H and O–H groups in total. The topological polar surface area (TPSA) is 45.6 Å². The third-order valence-corrected chi connectivity index (χ3v) is 6.77. The van der Waals surface area contributed by atoms with E-state index in [0.29, 0.717) is 18.1 Å². The summed E-state index contributed by atoms with van der Waals surface area (Å²) < 4.78 is 0. The molecule has 3 heterocycles. The van der Waals surface area contributed by atoms with Crippen molar-refractivity contribution in [3.05, 3.63) is 52.2 Å². The highest BCUT2D eigenvalue weighted by Crippen LogP contribution is 2.23. The van der Waals surface area contributed by atoms with E-state index in [1.807, 2.05) is 35.6 Å². The molecular formula is C21H28N3OS+. The van der Waals surface area contributed by atoms with Gasteiger partial charge in [-0.15, -0.1) is 11.3 Å². The Kier molecular flexibility index (Phi) is 5.27. The maximum atomic E-state index is 12.4. The van der Waals surface area contributed by atoms with Crippen LogP contribution in [-0.2, 0) is 6.54 Å². The minimum Gasteiger partial charge on any atom is -0.335 e. The van der Waals surface area contributed by atoms with Crippen molar-refractivity contribution in [3.8, 4) is 0 Å². The Balaban J connectivity index is 1.34. The van der Waals surface area contributed by atoms with Gasteiger partial charge in [-0.25, -0.2) is 4.79 Å². The number of benzene rings is 1. The number of aryl methyl sites for hydroxylation is 1. The monoisotopic (exact) mass is 370 g/mol. The van der Waals surface area contributed by atoms with Crippen molar-refractivity contribution >= 4 is 23.1 Å². The van der Waals surface area contributed by atoms with Crippen molar-refractivity contribution in [2.45, 2.75) is 63.7 Å². The minimum atomic E-state index is -0.0707. The summed E-state index contributed by atoms with van der Waals surface area (Å²) in [6.07, 6.45) is 6.10. The van der Waals surface area contributed by atoms with Crippen LogP contribution in [0.15, 0.2) is 41.8 Å². The average molecular weight is 371 g/mol. The second kappa shape index (κ2) is 7.80. The summed E-state index contributed by atoms with van der Waals surface area (Å²) in [7, 11) is 0. The first-order valence-electron chi connectivity index (χ1n) is 9.69. The van der Waals surface area contributed by atoms with Gasteiger partial charge in [0.15, 0.2) is 0 Å². The Hall–Kier alpha value is -1.85. The van der Waals surface area contributed by atoms with Crippen LogP contribution in [0.25, 0.3) is 0 Å². The first-order valence-corrected chi connectivity index (χ1v) is 10.6. The molecule has 4 rings (SSSR count). The van der Waals surface area contributed by atoms with Gasteiger partial charge in [-0.3, -0.25) is 0 Å². The van der Waals surface area contributed by atoms with Gasteiger partial charge in [-0.05, 0) is 49.8 Å². The van der Waals surface area contributed by atoms with Gasteiger partial charge in [0.25, 0.3) is 0 Å². The second-order valence-corrected chi connectivity index (χ2v) is 8.82. The van der Waals surface area contributed by atoms with E-state index in [-0.39, 0.29) is 6.03 Å². The van der Waals surface area contributed by atoms with Gasteiger partial charge in [-0.1, -0.05) is 23.8 Å². The molecule has 26 heavy (non-hydrogen) atoms. The molecule has 2 aliphatic rings. The largest absolute Gasteiger partial charge is 0.335 e. The van der Waals surface area contributed by atoms with Crippen molar-refractivity contribution in [1.82, 2.24) is 5.32 Å². The molecule has 4 nitrogen and oxygen atoms in total. The molecule has 2 unspecified atom stereocenters. The molecule has 1 aromatic heterocycles. The summed E-state index contributed by atoms with van der Waals surface area (Å²) in [5, 5.41) is 8.38.